The molecule has 0 radical (unpaired) electrons. The molecule has 1 aromatic heterocycles. The molecule has 1 rings (SSSR count). The van der Waals surface area contributed by atoms with Crippen molar-refractivity contribution in [3.05, 3.63) is 71.7 Å². The van der Waals surface area contributed by atoms with E-state index in [-0.39, 0.29) is 5.41 Å². The van der Waals surface area contributed by atoms with Gasteiger partial charge in [0, 0.05) is 28.7 Å². The Morgan fingerprint density at radius 2 is 1.89 bits per heavy atom. The predicted molar refractivity (Wildman–Crippen MR) is 112 cm³/mol. The molecule has 0 bridgehead atoms. The molecule has 0 spiro atoms. The van der Waals surface area contributed by atoms with Crippen molar-refractivity contribution in [2.24, 2.45) is 21.9 Å². The zero-order valence-electron chi connectivity index (χ0n) is 16.2. The summed E-state index contributed by atoms with van der Waals surface area (Å²) >= 11 is 0. The summed E-state index contributed by atoms with van der Waals surface area (Å²) < 4.78 is 13.1. The van der Waals surface area contributed by atoms with Crippen LogP contribution in [0.15, 0.2) is 66.0 Å². The Morgan fingerprint density at radius 3 is 2.44 bits per heavy atom. The highest BCUT2D eigenvalue weighted by Gasteiger charge is 2.21. The summed E-state index contributed by atoms with van der Waals surface area (Å²) in [7, 11) is 0. The van der Waals surface area contributed by atoms with Crippen LogP contribution < -0.4 is 22.2 Å². The van der Waals surface area contributed by atoms with E-state index in [0.29, 0.717) is 28.8 Å². The van der Waals surface area contributed by atoms with E-state index in [1.165, 1.54) is 13.0 Å². The Hall–Kier alpha value is -3.02. The van der Waals surface area contributed by atoms with Crippen molar-refractivity contribution in [3.63, 3.8) is 0 Å². The smallest absolute Gasteiger partial charge is 0.144 e. The van der Waals surface area contributed by atoms with Gasteiger partial charge in [-0.05, 0) is 24.6 Å². The van der Waals surface area contributed by atoms with Crippen LogP contribution in [0.1, 0.15) is 20.8 Å². The number of nitrogens with zero attached hydrogens (tertiary/aromatic N) is 3. The second kappa shape index (κ2) is 10.2. The summed E-state index contributed by atoms with van der Waals surface area (Å²) in [4.78, 5) is 12.4. The van der Waals surface area contributed by atoms with Crippen LogP contribution >= 0.6 is 0 Å². The third kappa shape index (κ3) is 7.81. The highest BCUT2D eigenvalue weighted by Crippen LogP contribution is 2.28. The normalized spacial score (nSPS) is 14.7. The summed E-state index contributed by atoms with van der Waals surface area (Å²) in [6.07, 6.45) is 12.2. The second-order valence-electron chi connectivity index (χ2n) is 6.70. The minimum absolute atomic E-state index is 0.335. The maximum Gasteiger partial charge on any atom is 0.144 e. The molecule has 0 amide bonds. The van der Waals surface area contributed by atoms with E-state index >= 15 is 0 Å². The molecule has 0 saturated carbocycles. The molecule has 1 heterocycles. The number of hydrogen-bond acceptors (Lipinski definition) is 4. The van der Waals surface area contributed by atoms with Gasteiger partial charge in [-0.25, -0.2) is 14.4 Å². The van der Waals surface area contributed by atoms with E-state index in [1.54, 1.807) is 36.7 Å². The van der Waals surface area contributed by atoms with E-state index < -0.39 is 6.17 Å². The van der Waals surface area contributed by atoms with Crippen LogP contribution in [0.4, 0.5) is 4.39 Å². The van der Waals surface area contributed by atoms with Crippen molar-refractivity contribution in [2.75, 3.05) is 6.54 Å². The maximum atomic E-state index is 13.1. The van der Waals surface area contributed by atoms with Gasteiger partial charge in [-0.3, -0.25) is 4.99 Å². The van der Waals surface area contributed by atoms with Gasteiger partial charge in [-0.2, -0.15) is 0 Å². The molecule has 1 atom stereocenters. The summed E-state index contributed by atoms with van der Waals surface area (Å²) in [5.74, 6) is 0.335. The fourth-order valence-corrected chi connectivity index (χ4v) is 2.08. The van der Waals surface area contributed by atoms with Gasteiger partial charge in [0.05, 0.1) is 6.54 Å². The molecule has 144 valence electrons. The van der Waals surface area contributed by atoms with E-state index in [2.05, 4.69) is 28.1 Å². The lowest BCUT2D eigenvalue weighted by Crippen LogP contribution is -2.21. The minimum Gasteiger partial charge on any atom is -0.398 e. The van der Waals surface area contributed by atoms with Crippen molar-refractivity contribution in [2.45, 2.75) is 26.9 Å². The monoisotopic (exact) mass is 369 g/mol. The number of hydrogen-bond donors (Lipinski definition) is 2. The Kier molecular flexibility index (Phi) is 8.33. The lowest BCUT2D eigenvalue weighted by atomic mass is 9.83. The molecule has 5 nitrogen and oxygen atoms in total. The van der Waals surface area contributed by atoms with Gasteiger partial charge in [-0.1, -0.05) is 51.3 Å². The Bertz CT molecular complexity index is 853. The first-order chi connectivity index (χ1) is 12.7. The van der Waals surface area contributed by atoms with Crippen LogP contribution in [0.5, 0.6) is 0 Å². The number of rotatable bonds is 8. The van der Waals surface area contributed by atoms with Gasteiger partial charge in [0.1, 0.15) is 17.5 Å². The zero-order chi connectivity index (χ0) is 20.4. The maximum absolute atomic E-state index is 13.1. The van der Waals surface area contributed by atoms with E-state index in [0.717, 1.165) is 5.57 Å². The largest absolute Gasteiger partial charge is 0.398 e. The predicted octanol–water partition coefficient (Wildman–Crippen LogP) is 1.92. The van der Waals surface area contributed by atoms with Crippen molar-refractivity contribution >= 4 is 18.1 Å². The summed E-state index contributed by atoms with van der Waals surface area (Å²) in [5.41, 5.74) is 13.4. The van der Waals surface area contributed by atoms with Crippen LogP contribution in [0.2, 0.25) is 0 Å². The van der Waals surface area contributed by atoms with Crippen LogP contribution in [0.3, 0.4) is 0 Å². The highest BCUT2D eigenvalue weighted by atomic mass is 19.1. The molecular weight excluding hydrogens is 341 g/mol. The number of nitrogens with two attached hydrogens (primary N) is 2. The van der Waals surface area contributed by atoms with Crippen molar-refractivity contribution in [3.8, 4) is 0 Å². The van der Waals surface area contributed by atoms with Gasteiger partial charge in [-0.15, -0.1) is 0 Å². The lowest BCUT2D eigenvalue weighted by molar-refractivity contribution is 0.428. The topological polar surface area (TPSA) is 90.2 Å². The summed E-state index contributed by atoms with van der Waals surface area (Å²) in [5, 5.41) is 0.675. The number of amidine groups is 1. The number of aromatic nitrogens is 2. The second-order valence-corrected chi connectivity index (χ2v) is 6.70. The van der Waals surface area contributed by atoms with Gasteiger partial charge in [0.2, 0.25) is 0 Å². The summed E-state index contributed by atoms with van der Waals surface area (Å²) in [6, 6.07) is 0. The lowest BCUT2D eigenvalue weighted by Gasteiger charge is -2.24. The van der Waals surface area contributed by atoms with Crippen LogP contribution in [0.25, 0.3) is 12.3 Å². The molecule has 4 N–H and O–H groups in total. The highest BCUT2D eigenvalue weighted by molar-refractivity contribution is 5.92. The SMILES string of the molecule is C=C/C=C(\C=C/C(C)F)C(C)(C)CN=C(N)/C=C\C(N)=c1cnc(=C)nc1. The molecular formula is C21H28FN5. The summed E-state index contributed by atoms with van der Waals surface area (Å²) in [6.45, 7) is 13.3. The quantitative estimate of drug-likeness (QED) is 0.416. The Morgan fingerprint density at radius 1 is 1.26 bits per heavy atom. The van der Waals surface area contributed by atoms with Crippen LogP contribution in [-0.4, -0.2) is 28.5 Å². The van der Waals surface area contributed by atoms with E-state index in [4.69, 9.17) is 11.5 Å². The number of halogens is 1. The van der Waals surface area contributed by atoms with E-state index in [1.807, 2.05) is 19.9 Å². The van der Waals surface area contributed by atoms with Crippen molar-refractivity contribution < 1.29 is 4.39 Å². The third-order valence-corrected chi connectivity index (χ3v) is 3.75. The first-order valence-electron chi connectivity index (χ1n) is 8.56. The Balaban J connectivity index is 2.94. The van der Waals surface area contributed by atoms with Gasteiger partial charge >= 0.3 is 0 Å². The molecule has 0 aromatic carbocycles. The molecule has 0 fully saturated rings. The van der Waals surface area contributed by atoms with Gasteiger partial charge in [0.25, 0.3) is 0 Å². The third-order valence-electron chi connectivity index (χ3n) is 3.75. The number of allylic oxidation sites excluding steroid dienone is 4. The Labute approximate surface area is 160 Å². The first kappa shape index (κ1) is 22.0. The molecule has 6 heteroatoms. The standard InChI is InChI=1S/C21H28FN5/c1-6-7-18(9-8-15(2)22)21(4,5)14-27-20(24)11-10-19(23)17-12-25-16(3)26-13-17/h6-13,15H,1,3,14,23H2,2,4-5H3,(H2,24,27)/b9-8-,11-10-,18-7+. The molecule has 1 unspecified atom stereocenters. The molecule has 0 aliphatic heterocycles. The van der Waals surface area contributed by atoms with Crippen LogP contribution in [-0.2, 0) is 0 Å². The molecule has 0 aliphatic rings. The fourth-order valence-electron chi connectivity index (χ4n) is 2.08. The zero-order valence-corrected chi connectivity index (χ0v) is 16.2. The molecule has 0 saturated heterocycles. The average Bonchev–Trinajstić information content (AvgIpc) is 2.61. The fraction of sp³-hybridized carbons (Fsp3) is 0.286. The average molecular weight is 369 g/mol. The molecule has 0 aliphatic carbocycles. The van der Waals surface area contributed by atoms with Gasteiger partial charge in [0.15, 0.2) is 0 Å². The molecule has 27 heavy (non-hydrogen) atoms. The van der Waals surface area contributed by atoms with Crippen LogP contribution in [0, 0.1) is 5.41 Å². The minimum atomic E-state index is -1.02. The van der Waals surface area contributed by atoms with Crippen molar-refractivity contribution in [1.29, 1.82) is 0 Å². The number of aliphatic imine (C=N–C) groups is 1. The molecule has 1 aromatic rings. The van der Waals surface area contributed by atoms with Gasteiger partial charge < -0.3 is 11.5 Å². The number of alkyl halides is 1. The van der Waals surface area contributed by atoms with E-state index in [9.17, 15) is 4.39 Å². The first-order valence-corrected chi connectivity index (χ1v) is 8.56. The van der Waals surface area contributed by atoms with Crippen molar-refractivity contribution in [1.82, 2.24) is 9.97 Å².